The second-order valence-corrected chi connectivity index (χ2v) is 5.95. The van der Waals surface area contributed by atoms with Gasteiger partial charge < -0.3 is 9.30 Å². The van der Waals surface area contributed by atoms with Gasteiger partial charge >= 0.3 is 0 Å². The summed E-state index contributed by atoms with van der Waals surface area (Å²) in [6, 6.07) is 8.77. The zero-order valence-corrected chi connectivity index (χ0v) is 14.4. The van der Waals surface area contributed by atoms with E-state index in [-0.39, 0.29) is 0 Å². The molecule has 3 nitrogen and oxygen atoms in total. The second-order valence-electron chi connectivity index (χ2n) is 4.78. The molecule has 0 bridgehead atoms. The van der Waals surface area contributed by atoms with Crippen LogP contribution in [-0.4, -0.2) is 17.6 Å². The van der Waals surface area contributed by atoms with Gasteiger partial charge in [-0.1, -0.05) is 0 Å². The Morgan fingerprint density at radius 2 is 2.00 bits per heavy atom. The van der Waals surface area contributed by atoms with E-state index in [4.69, 9.17) is 4.74 Å². The maximum Gasteiger partial charge on any atom is 0.264 e. The lowest BCUT2D eigenvalue weighted by Gasteiger charge is -2.16. The largest absolute Gasteiger partial charge is 0.494 e. The molecule has 0 N–H and O–H groups in total. The fraction of sp³-hybridized carbons (Fsp3) is 0.312. The van der Waals surface area contributed by atoms with E-state index in [1.54, 1.807) is 24.3 Å². The van der Waals surface area contributed by atoms with Gasteiger partial charge in [0.05, 0.1) is 22.4 Å². The standard InChI is InChI=1S/C16H16F2INO2/c1-3-22-11-4-5-12(10(2)8-11)14-7-6-13(19)16(21)20(14)9-15(17)18/h4-8,15H,3,9H2,1-2H3. The molecule has 118 valence electrons. The number of ether oxygens (including phenoxy) is 1. The topological polar surface area (TPSA) is 31.2 Å². The summed E-state index contributed by atoms with van der Waals surface area (Å²) in [5.41, 5.74) is 1.71. The fourth-order valence-electron chi connectivity index (χ4n) is 2.29. The molecule has 0 aliphatic rings. The molecule has 0 unspecified atom stereocenters. The van der Waals surface area contributed by atoms with Crippen molar-refractivity contribution in [1.29, 1.82) is 0 Å². The predicted molar refractivity (Wildman–Crippen MR) is 90.8 cm³/mol. The Morgan fingerprint density at radius 3 is 2.59 bits per heavy atom. The molecular formula is C16H16F2INO2. The minimum absolute atomic E-state index is 0.397. The Morgan fingerprint density at radius 1 is 1.27 bits per heavy atom. The SMILES string of the molecule is CCOc1ccc(-c2ccc(I)c(=O)n2CC(F)F)c(C)c1. The van der Waals surface area contributed by atoms with Gasteiger partial charge in [0.2, 0.25) is 0 Å². The molecular weight excluding hydrogens is 403 g/mol. The number of aryl methyl sites for hydroxylation is 1. The molecule has 0 atom stereocenters. The van der Waals surface area contributed by atoms with Gasteiger partial charge in [0.1, 0.15) is 5.75 Å². The minimum atomic E-state index is -2.59. The molecule has 0 saturated heterocycles. The van der Waals surface area contributed by atoms with E-state index in [0.717, 1.165) is 21.4 Å². The third kappa shape index (κ3) is 3.66. The summed E-state index contributed by atoms with van der Waals surface area (Å²) in [5, 5.41) is 0. The van der Waals surface area contributed by atoms with Crippen LogP contribution < -0.4 is 10.3 Å². The lowest BCUT2D eigenvalue weighted by molar-refractivity contribution is 0.125. The van der Waals surface area contributed by atoms with E-state index in [1.165, 1.54) is 0 Å². The van der Waals surface area contributed by atoms with Gasteiger partial charge in [-0.05, 0) is 72.3 Å². The van der Waals surface area contributed by atoms with E-state index in [1.807, 2.05) is 42.5 Å². The monoisotopic (exact) mass is 419 g/mol. The van der Waals surface area contributed by atoms with Crippen molar-refractivity contribution in [3.8, 4) is 17.0 Å². The highest BCUT2D eigenvalue weighted by Gasteiger charge is 2.15. The lowest BCUT2D eigenvalue weighted by Crippen LogP contribution is -2.26. The zero-order valence-electron chi connectivity index (χ0n) is 12.3. The summed E-state index contributed by atoms with van der Waals surface area (Å²) in [7, 11) is 0. The average Bonchev–Trinajstić information content (AvgIpc) is 2.45. The van der Waals surface area contributed by atoms with Gasteiger partial charge in [-0.2, -0.15) is 0 Å². The molecule has 0 aliphatic heterocycles. The molecule has 0 radical (unpaired) electrons. The first-order chi connectivity index (χ1) is 10.4. The van der Waals surface area contributed by atoms with Gasteiger partial charge in [-0.3, -0.25) is 4.79 Å². The Hall–Kier alpha value is -1.44. The quantitative estimate of drug-likeness (QED) is 0.684. The van der Waals surface area contributed by atoms with Crippen molar-refractivity contribution in [2.75, 3.05) is 6.61 Å². The molecule has 6 heteroatoms. The van der Waals surface area contributed by atoms with Crippen molar-refractivity contribution in [3.63, 3.8) is 0 Å². The summed E-state index contributed by atoms with van der Waals surface area (Å²) in [6.07, 6.45) is -2.59. The number of benzene rings is 1. The van der Waals surface area contributed by atoms with Crippen LogP contribution in [-0.2, 0) is 6.54 Å². The summed E-state index contributed by atoms with van der Waals surface area (Å²) in [5.74, 6) is 0.719. The molecule has 0 aliphatic carbocycles. The normalized spacial score (nSPS) is 11.0. The van der Waals surface area contributed by atoms with Crippen LogP contribution in [0.5, 0.6) is 5.75 Å². The third-order valence-corrected chi connectivity index (χ3v) is 4.05. The van der Waals surface area contributed by atoms with Crippen molar-refractivity contribution in [2.45, 2.75) is 26.8 Å². The van der Waals surface area contributed by atoms with Crippen LogP contribution in [0, 0.1) is 10.5 Å². The Labute approximate surface area is 141 Å². The Bertz CT molecular complexity index is 729. The molecule has 2 rings (SSSR count). The van der Waals surface area contributed by atoms with Gasteiger partial charge in [0.25, 0.3) is 12.0 Å². The number of pyridine rings is 1. The van der Waals surface area contributed by atoms with Crippen molar-refractivity contribution >= 4 is 22.6 Å². The van der Waals surface area contributed by atoms with E-state index >= 15 is 0 Å². The average molecular weight is 419 g/mol. The number of aromatic nitrogens is 1. The maximum atomic E-state index is 12.8. The van der Waals surface area contributed by atoms with Crippen LogP contribution in [0.4, 0.5) is 8.78 Å². The number of halogens is 3. The van der Waals surface area contributed by atoms with Gasteiger partial charge in [0, 0.05) is 5.56 Å². The number of alkyl halides is 2. The van der Waals surface area contributed by atoms with Crippen LogP contribution in [0.1, 0.15) is 12.5 Å². The summed E-state index contributed by atoms with van der Waals surface area (Å²) >= 11 is 1.86. The van der Waals surface area contributed by atoms with Crippen LogP contribution >= 0.6 is 22.6 Å². The van der Waals surface area contributed by atoms with E-state index in [2.05, 4.69) is 0 Å². The molecule has 2 aromatic rings. The third-order valence-electron chi connectivity index (χ3n) is 3.23. The van der Waals surface area contributed by atoms with Crippen molar-refractivity contribution in [3.05, 3.63) is 49.8 Å². The molecule has 1 aromatic carbocycles. The van der Waals surface area contributed by atoms with Gasteiger partial charge in [0.15, 0.2) is 0 Å². The van der Waals surface area contributed by atoms with E-state index < -0.39 is 18.5 Å². The highest BCUT2D eigenvalue weighted by molar-refractivity contribution is 14.1. The van der Waals surface area contributed by atoms with Gasteiger partial charge in [-0.15, -0.1) is 0 Å². The fourth-order valence-corrected chi connectivity index (χ4v) is 2.76. The smallest absolute Gasteiger partial charge is 0.264 e. The van der Waals surface area contributed by atoms with Crippen molar-refractivity contribution in [2.24, 2.45) is 0 Å². The summed E-state index contributed by atoms with van der Waals surface area (Å²) in [6.45, 7) is 3.70. The number of hydrogen-bond acceptors (Lipinski definition) is 2. The summed E-state index contributed by atoms with van der Waals surface area (Å²) < 4.78 is 32.6. The molecule has 0 spiro atoms. The number of hydrogen-bond donors (Lipinski definition) is 0. The van der Waals surface area contributed by atoms with E-state index in [0.29, 0.717) is 15.9 Å². The highest BCUT2D eigenvalue weighted by Crippen LogP contribution is 2.27. The first-order valence-corrected chi connectivity index (χ1v) is 7.93. The minimum Gasteiger partial charge on any atom is -0.494 e. The molecule has 1 heterocycles. The van der Waals surface area contributed by atoms with Crippen LogP contribution in [0.15, 0.2) is 35.1 Å². The second kappa shape index (κ2) is 7.21. The van der Waals surface area contributed by atoms with E-state index in [9.17, 15) is 13.6 Å². The highest BCUT2D eigenvalue weighted by atomic mass is 127. The molecule has 1 aromatic heterocycles. The summed E-state index contributed by atoms with van der Waals surface area (Å²) in [4.78, 5) is 12.2. The first kappa shape index (κ1) is 16.9. The Kier molecular flexibility index (Phi) is 5.55. The lowest BCUT2D eigenvalue weighted by atomic mass is 10.0. The van der Waals surface area contributed by atoms with Crippen LogP contribution in [0.25, 0.3) is 11.3 Å². The Balaban J connectivity index is 2.57. The number of nitrogens with zero attached hydrogens (tertiary/aromatic N) is 1. The number of rotatable bonds is 5. The van der Waals surface area contributed by atoms with Crippen LogP contribution in [0.3, 0.4) is 0 Å². The van der Waals surface area contributed by atoms with Crippen molar-refractivity contribution < 1.29 is 13.5 Å². The molecule has 0 amide bonds. The molecule has 22 heavy (non-hydrogen) atoms. The zero-order chi connectivity index (χ0) is 16.3. The maximum absolute atomic E-state index is 12.8. The molecule has 0 saturated carbocycles. The first-order valence-electron chi connectivity index (χ1n) is 6.85. The molecule has 0 fully saturated rings. The van der Waals surface area contributed by atoms with Crippen LogP contribution in [0.2, 0.25) is 0 Å². The van der Waals surface area contributed by atoms with Crippen molar-refractivity contribution in [1.82, 2.24) is 4.57 Å². The predicted octanol–water partition coefficient (Wildman–Crippen LogP) is 4.09. The van der Waals surface area contributed by atoms with Gasteiger partial charge in [-0.25, -0.2) is 8.78 Å².